The largest absolute Gasteiger partial charge is 0.310 e. The maximum Gasteiger partial charge on any atom is 0.160 e. The highest BCUT2D eigenvalue weighted by atomic mass is 15.0. The molecule has 222 valence electrons. The van der Waals surface area contributed by atoms with Gasteiger partial charge in [-0.05, 0) is 70.6 Å². The van der Waals surface area contributed by atoms with Crippen LogP contribution in [0.25, 0.3) is 78.5 Å². The van der Waals surface area contributed by atoms with Crippen molar-refractivity contribution in [2.24, 2.45) is 0 Å². The zero-order chi connectivity index (χ0) is 31.2. The van der Waals surface area contributed by atoms with E-state index in [4.69, 9.17) is 9.97 Å². The van der Waals surface area contributed by atoms with E-state index in [0.717, 1.165) is 46.7 Å². The SMILES string of the molecule is C1=Cc2c(c3ccccc3n2-c2ccc(-c3ccc(-c4cc(-c5ccccc5)nc(-c5ccccc5)n4)c4ccccc34)cc2)CC1. The van der Waals surface area contributed by atoms with Gasteiger partial charge in [-0.1, -0.05) is 133 Å². The van der Waals surface area contributed by atoms with Gasteiger partial charge in [-0.2, -0.15) is 0 Å². The van der Waals surface area contributed by atoms with Crippen molar-refractivity contribution in [3.05, 3.63) is 169 Å². The number of hydrogen-bond donors (Lipinski definition) is 0. The van der Waals surface area contributed by atoms with Gasteiger partial charge in [-0.25, -0.2) is 9.97 Å². The normalized spacial score (nSPS) is 12.4. The molecule has 0 bridgehead atoms. The van der Waals surface area contributed by atoms with Crippen LogP contribution in [0.3, 0.4) is 0 Å². The lowest BCUT2D eigenvalue weighted by molar-refractivity contribution is 0.967. The topological polar surface area (TPSA) is 30.7 Å². The van der Waals surface area contributed by atoms with Crippen molar-refractivity contribution < 1.29 is 0 Å². The number of nitrogens with zero attached hydrogens (tertiary/aromatic N) is 3. The standard InChI is InChI=1S/C44H31N3/c1-3-13-31(14-4-1)40-29-41(46-44(45-40)32-15-5-2-6-16-32)37-28-27-34(35-17-7-8-18-36(35)37)30-23-25-33(26-24-30)47-42-21-11-9-19-38(42)39-20-10-12-22-43(39)47/h1-9,11-19,21-29H,10,20H2. The van der Waals surface area contributed by atoms with Crippen molar-refractivity contribution in [1.29, 1.82) is 0 Å². The summed E-state index contributed by atoms with van der Waals surface area (Å²) in [6.45, 7) is 0. The lowest BCUT2D eigenvalue weighted by Crippen LogP contribution is -2.00. The fourth-order valence-corrected chi connectivity index (χ4v) is 7.09. The number of hydrogen-bond acceptors (Lipinski definition) is 2. The average Bonchev–Trinajstić information content (AvgIpc) is 3.49. The molecule has 0 unspecified atom stereocenters. The van der Waals surface area contributed by atoms with Gasteiger partial charge in [0, 0.05) is 33.5 Å². The van der Waals surface area contributed by atoms with E-state index in [0.29, 0.717) is 0 Å². The number of fused-ring (bicyclic) bond motifs is 4. The van der Waals surface area contributed by atoms with Gasteiger partial charge >= 0.3 is 0 Å². The summed E-state index contributed by atoms with van der Waals surface area (Å²) >= 11 is 0. The summed E-state index contributed by atoms with van der Waals surface area (Å²) in [5.41, 5.74) is 12.6. The number of para-hydroxylation sites is 1. The molecule has 0 fully saturated rings. The van der Waals surface area contributed by atoms with Gasteiger partial charge in [0.25, 0.3) is 0 Å². The minimum Gasteiger partial charge on any atom is -0.310 e. The number of aryl methyl sites for hydroxylation is 1. The Labute approximate surface area is 274 Å². The number of allylic oxidation sites excluding steroid dienone is 1. The predicted molar refractivity (Wildman–Crippen MR) is 195 cm³/mol. The van der Waals surface area contributed by atoms with Crippen LogP contribution in [0.1, 0.15) is 17.7 Å². The quantitative estimate of drug-likeness (QED) is 0.196. The third-order valence-electron chi connectivity index (χ3n) is 9.32. The Morgan fingerprint density at radius 2 is 1.11 bits per heavy atom. The average molecular weight is 602 g/mol. The molecule has 0 radical (unpaired) electrons. The fourth-order valence-electron chi connectivity index (χ4n) is 7.09. The molecule has 2 heterocycles. The smallest absolute Gasteiger partial charge is 0.160 e. The highest BCUT2D eigenvalue weighted by Gasteiger charge is 2.19. The second-order valence-electron chi connectivity index (χ2n) is 12.1. The van der Waals surface area contributed by atoms with Crippen molar-refractivity contribution in [2.45, 2.75) is 12.8 Å². The summed E-state index contributed by atoms with van der Waals surface area (Å²) in [4.78, 5) is 10.1. The minimum atomic E-state index is 0.722. The lowest BCUT2D eigenvalue weighted by atomic mass is 9.93. The molecule has 0 saturated carbocycles. The van der Waals surface area contributed by atoms with E-state index in [2.05, 4.69) is 144 Å². The van der Waals surface area contributed by atoms with Gasteiger partial charge < -0.3 is 4.57 Å². The van der Waals surface area contributed by atoms with Gasteiger partial charge in [-0.15, -0.1) is 0 Å². The molecule has 0 saturated heterocycles. The van der Waals surface area contributed by atoms with Crippen LogP contribution in [0, 0.1) is 0 Å². The highest BCUT2D eigenvalue weighted by Crippen LogP contribution is 2.38. The molecule has 47 heavy (non-hydrogen) atoms. The summed E-state index contributed by atoms with van der Waals surface area (Å²) in [6, 6.07) is 53.7. The molecule has 0 amide bonds. The van der Waals surface area contributed by atoms with Crippen LogP contribution in [0.5, 0.6) is 0 Å². The molecule has 1 aliphatic carbocycles. The molecular formula is C44H31N3. The summed E-state index contributed by atoms with van der Waals surface area (Å²) in [5, 5.41) is 3.72. The van der Waals surface area contributed by atoms with Crippen molar-refractivity contribution in [1.82, 2.24) is 14.5 Å². The molecule has 3 nitrogen and oxygen atoms in total. The second-order valence-corrected chi connectivity index (χ2v) is 12.1. The van der Waals surface area contributed by atoms with E-state index in [-0.39, 0.29) is 0 Å². The lowest BCUT2D eigenvalue weighted by Gasteiger charge is -2.15. The van der Waals surface area contributed by atoms with E-state index in [1.54, 1.807) is 0 Å². The van der Waals surface area contributed by atoms with Crippen LogP contribution in [-0.2, 0) is 6.42 Å². The maximum absolute atomic E-state index is 5.13. The first-order valence-electron chi connectivity index (χ1n) is 16.2. The molecule has 0 atom stereocenters. The minimum absolute atomic E-state index is 0.722. The number of aromatic nitrogens is 3. The van der Waals surface area contributed by atoms with Crippen LogP contribution in [0.15, 0.2) is 158 Å². The summed E-state index contributed by atoms with van der Waals surface area (Å²) in [7, 11) is 0. The first-order chi connectivity index (χ1) is 23.3. The molecule has 9 rings (SSSR count). The van der Waals surface area contributed by atoms with Gasteiger partial charge in [0.2, 0.25) is 0 Å². The molecule has 1 aliphatic rings. The Balaban J connectivity index is 1.16. The van der Waals surface area contributed by atoms with Crippen LogP contribution in [0.4, 0.5) is 0 Å². The van der Waals surface area contributed by atoms with Gasteiger partial charge in [-0.3, -0.25) is 0 Å². The Kier molecular flexibility index (Phi) is 6.60. The predicted octanol–water partition coefficient (Wildman–Crippen LogP) is 11.2. The van der Waals surface area contributed by atoms with Crippen LogP contribution in [-0.4, -0.2) is 14.5 Å². The third kappa shape index (κ3) is 4.76. The van der Waals surface area contributed by atoms with E-state index in [9.17, 15) is 0 Å². The first kappa shape index (κ1) is 27.3. The molecule has 6 aromatic carbocycles. The van der Waals surface area contributed by atoms with E-state index in [1.807, 2.05) is 24.3 Å². The number of rotatable bonds is 5. The van der Waals surface area contributed by atoms with Crippen molar-refractivity contribution in [3.8, 4) is 50.7 Å². The van der Waals surface area contributed by atoms with Crippen LogP contribution < -0.4 is 0 Å². The van der Waals surface area contributed by atoms with E-state index >= 15 is 0 Å². The summed E-state index contributed by atoms with van der Waals surface area (Å²) in [6.07, 6.45) is 6.77. The molecule has 0 N–H and O–H groups in total. The van der Waals surface area contributed by atoms with Crippen LogP contribution >= 0.6 is 0 Å². The molecular weight excluding hydrogens is 571 g/mol. The molecule has 8 aromatic rings. The Bertz CT molecular complexity index is 2380. The van der Waals surface area contributed by atoms with Crippen molar-refractivity contribution in [3.63, 3.8) is 0 Å². The summed E-state index contributed by atoms with van der Waals surface area (Å²) < 4.78 is 2.41. The van der Waals surface area contributed by atoms with Crippen molar-refractivity contribution in [2.75, 3.05) is 0 Å². The monoisotopic (exact) mass is 601 g/mol. The Morgan fingerprint density at radius 1 is 0.489 bits per heavy atom. The zero-order valence-electron chi connectivity index (χ0n) is 25.8. The second kappa shape index (κ2) is 11.4. The van der Waals surface area contributed by atoms with Crippen LogP contribution in [0.2, 0.25) is 0 Å². The maximum atomic E-state index is 5.13. The van der Waals surface area contributed by atoms with E-state index in [1.165, 1.54) is 49.7 Å². The molecule has 0 spiro atoms. The Morgan fingerprint density at radius 3 is 1.87 bits per heavy atom. The van der Waals surface area contributed by atoms with Gasteiger partial charge in [0.1, 0.15) is 0 Å². The molecule has 2 aromatic heterocycles. The summed E-state index contributed by atoms with van der Waals surface area (Å²) in [5.74, 6) is 0.722. The van der Waals surface area contributed by atoms with Gasteiger partial charge in [0.15, 0.2) is 5.82 Å². The van der Waals surface area contributed by atoms with Crippen molar-refractivity contribution >= 4 is 27.8 Å². The Hall–Kier alpha value is -6.06. The zero-order valence-corrected chi connectivity index (χ0v) is 25.8. The highest BCUT2D eigenvalue weighted by molar-refractivity contribution is 6.05. The molecule has 3 heteroatoms. The molecule has 0 aliphatic heterocycles. The third-order valence-corrected chi connectivity index (χ3v) is 9.32. The fraction of sp³-hybridized carbons (Fsp3) is 0.0455. The van der Waals surface area contributed by atoms with Gasteiger partial charge in [0.05, 0.1) is 16.9 Å². The van der Waals surface area contributed by atoms with E-state index < -0.39 is 0 Å². The number of benzene rings is 6. The first-order valence-corrected chi connectivity index (χ1v) is 16.2.